The molecule has 1 fully saturated rings. The van der Waals surface area contributed by atoms with Gasteiger partial charge in [0.1, 0.15) is 0 Å². The van der Waals surface area contributed by atoms with Crippen LogP contribution < -0.4 is 14.2 Å². The first-order valence-corrected chi connectivity index (χ1v) is 4.58. The molecule has 1 aromatic rings. The van der Waals surface area contributed by atoms with Gasteiger partial charge in [-0.25, -0.2) is 4.98 Å². The summed E-state index contributed by atoms with van der Waals surface area (Å²) < 4.78 is 15.8. The van der Waals surface area contributed by atoms with Gasteiger partial charge in [-0.2, -0.15) is 0 Å². The van der Waals surface area contributed by atoms with Gasteiger partial charge in [0.2, 0.25) is 5.88 Å². The molecule has 0 radical (unpaired) electrons. The zero-order valence-electron chi connectivity index (χ0n) is 8.32. The van der Waals surface area contributed by atoms with Crippen molar-refractivity contribution in [3.63, 3.8) is 0 Å². The Balaban J connectivity index is 2.21. The average Bonchev–Trinajstić information content (AvgIpc) is 3.01. The number of hydrogen-bond acceptors (Lipinski definition) is 4. The van der Waals surface area contributed by atoms with Crippen molar-refractivity contribution in [2.45, 2.75) is 18.9 Å². The minimum Gasteiger partial charge on any atom is -0.491 e. The molecule has 0 unspecified atom stereocenters. The van der Waals surface area contributed by atoms with Crippen LogP contribution in [0.1, 0.15) is 12.8 Å². The van der Waals surface area contributed by atoms with E-state index in [2.05, 4.69) is 4.98 Å². The van der Waals surface area contributed by atoms with Gasteiger partial charge < -0.3 is 14.2 Å². The minimum absolute atomic E-state index is 0.344. The monoisotopic (exact) mass is 195 g/mol. The molecule has 1 saturated carbocycles. The van der Waals surface area contributed by atoms with E-state index in [9.17, 15) is 0 Å². The van der Waals surface area contributed by atoms with Crippen molar-refractivity contribution < 1.29 is 14.2 Å². The van der Waals surface area contributed by atoms with Crippen molar-refractivity contribution >= 4 is 0 Å². The molecule has 0 atom stereocenters. The van der Waals surface area contributed by atoms with Crippen LogP contribution in [-0.4, -0.2) is 25.3 Å². The fraction of sp³-hybridized carbons (Fsp3) is 0.500. The summed E-state index contributed by atoms with van der Waals surface area (Å²) in [7, 11) is 3.18. The van der Waals surface area contributed by atoms with Crippen molar-refractivity contribution in [1.29, 1.82) is 0 Å². The van der Waals surface area contributed by atoms with E-state index in [1.807, 2.05) is 0 Å². The van der Waals surface area contributed by atoms with Crippen molar-refractivity contribution in [1.82, 2.24) is 4.98 Å². The molecule has 2 rings (SSSR count). The van der Waals surface area contributed by atoms with E-state index >= 15 is 0 Å². The van der Waals surface area contributed by atoms with Gasteiger partial charge in [-0.15, -0.1) is 0 Å². The summed E-state index contributed by atoms with van der Waals surface area (Å²) in [5.41, 5.74) is 0. The van der Waals surface area contributed by atoms with Gasteiger partial charge in [-0.3, -0.25) is 0 Å². The van der Waals surface area contributed by atoms with Crippen LogP contribution in [0.25, 0.3) is 0 Å². The fourth-order valence-electron chi connectivity index (χ4n) is 1.13. The van der Waals surface area contributed by atoms with E-state index in [1.54, 1.807) is 26.5 Å². The third-order valence-corrected chi connectivity index (χ3v) is 2.05. The van der Waals surface area contributed by atoms with E-state index in [1.165, 1.54) is 0 Å². The molecule has 0 saturated heterocycles. The lowest BCUT2D eigenvalue weighted by Gasteiger charge is -2.10. The van der Waals surface area contributed by atoms with Gasteiger partial charge in [0, 0.05) is 6.07 Å². The first kappa shape index (κ1) is 9.12. The lowest BCUT2D eigenvalue weighted by molar-refractivity contribution is 0.278. The van der Waals surface area contributed by atoms with Crippen LogP contribution in [0.2, 0.25) is 0 Å². The second-order valence-corrected chi connectivity index (χ2v) is 3.19. The standard InChI is InChI=1S/C10H13NO3/c1-12-9-6-11-10(13-2)5-8(9)14-7-3-4-7/h5-7H,3-4H2,1-2H3. The molecule has 0 amide bonds. The number of hydrogen-bond donors (Lipinski definition) is 0. The maximum atomic E-state index is 5.64. The van der Waals surface area contributed by atoms with Crippen molar-refractivity contribution in [3.8, 4) is 17.4 Å². The smallest absolute Gasteiger partial charge is 0.216 e. The highest BCUT2D eigenvalue weighted by Crippen LogP contribution is 2.34. The number of methoxy groups -OCH3 is 2. The summed E-state index contributed by atoms with van der Waals surface area (Å²) in [4.78, 5) is 4.03. The predicted octanol–water partition coefficient (Wildman–Crippen LogP) is 1.64. The van der Waals surface area contributed by atoms with E-state index < -0.39 is 0 Å². The van der Waals surface area contributed by atoms with Gasteiger partial charge in [0.05, 0.1) is 26.5 Å². The van der Waals surface area contributed by atoms with Crippen molar-refractivity contribution in [2.24, 2.45) is 0 Å². The largest absolute Gasteiger partial charge is 0.491 e. The number of aromatic nitrogens is 1. The molecule has 4 heteroatoms. The molecule has 0 aromatic carbocycles. The van der Waals surface area contributed by atoms with Crippen LogP contribution >= 0.6 is 0 Å². The Morgan fingerprint density at radius 2 is 2.00 bits per heavy atom. The molecule has 0 spiro atoms. The summed E-state index contributed by atoms with van der Waals surface area (Å²) in [5, 5.41) is 0. The molecule has 1 aliphatic rings. The van der Waals surface area contributed by atoms with Gasteiger partial charge in [0.25, 0.3) is 0 Å². The molecule has 1 aliphatic carbocycles. The summed E-state index contributed by atoms with van der Waals surface area (Å²) in [6.07, 6.45) is 4.19. The van der Waals surface area contributed by atoms with Crippen molar-refractivity contribution in [2.75, 3.05) is 14.2 Å². The van der Waals surface area contributed by atoms with E-state index in [0.717, 1.165) is 12.8 Å². The highest BCUT2D eigenvalue weighted by Gasteiger charge is 2.25. The SMILES string of the molecule is COc1cc(OC2CC2)c(OC)cn1. The Labute approximate surface area is 82.8 Å². The third-order valence-electron chi connectivity index (χ3n) is 2.05. The molecule has 4 nitrogen and oxygen atoms in total. The molecule has 0 aliphatic heterocycles. The van der Waals surface area contributed by atoms with Crippen LogP contribution in [-0.2, 0) is 0 Å². The van der Waals surface area contributed by atoms with Gasteiger partial charge in [-0.05, 0) is 12.8 Å². The molecular weight excluding hydrogens is 182 g/mol. The Hall–Kier alpha value is -1.45. The second-order valence-electron chi connectivity index (χ2n) is 3.19. The molecule has 14 heavy (non-hydrogen) atoms. The zero-order valence-corrected chi connectivity index (χ0v) is 8.32. The zero-order chi connectivity index (χ0) is 9.97. The number of rotatable bonds is 4. The highest BCUT2D eigenvalue weighted by atomic mass is 16.5. The Bertz CT molecular complexity index is 323. The molecular formula is C10H13NO3. The minimum atomic E-state index is 0.344. The summed E-state index contributed by atoms with van der Waals surface area (Å²) in [6.45, 7) is 0. The van der Waals surface area contributed by atoms with Crippen LogP contribution in [0.3, 0.4) is 0 Å². The van der Waals surface area contributed by atoms with Crippen LogP contribution in [0, 0.1) is 0 Å². The lowest BCUT2D eigenvalue weighted by atomic mass is 10.4. The fourth-order valence-corrected chi connectivity index (χ4v) is 1.13. The highest BCUT2D eigenvalue weighted by molar-refractivity contribution is 5.41. The maximum absolute atomic E-state index is 5.64. The summed E-state index contributed by atoms with van der Waals surface area (Å²) in [6, 6.07) is 1.75. The average molecular weight is 195 g/mol. The third kappa shape index (κ3) is 1.89. The maximum Gasteiger partial charge on any atom is 0.216 e. The predicted molar refractivity (Wildman–Crippen MR) is 51.0 cm³/mol. The molecule has 1 aromatic heterocycles. The molecule has 0 N–H and O–H groups in total. The van der Waals surface area contributed by atoms with E-state index in [0.29, 0.717) is 23.5 Å². The van der Waals surface area contributed by atoms with Crippen molar-refractivity contribution in [3.05, 3.63) is 12.3 Å². The van der Waals surface area contributed by atoms with Gasteiger partial charge >= 0.3 is 0 Å². The lowest BCUT2D eigenvalue weighted by Crippen LogP contribution is -2.00. The number of pyridine rings is 1. The first-order chi connectivity index (χ1) is 6.83. The Morgan fingerprint density at radius 3 is 2.57 bits per heavy atom. The summed E-state index contributed by atoms with van der Waals surface area (Å²) >= 11 is 0. The first-order valence-electron chi connectivity index (χ1n) is 4.58. The molecule has 0 bridgehead atoms. The van der Waals surface area contributed by atoms with E-state index in [4.69, 9.17) is 14.2 Å². The second kappa shape index (κ2) is 3.74. The molecule has 76 valence electrons. The van der Waals surface area contributed by atoms with Gasteiger partial charge in [-0.1, -0.05) is 0 Å². The Kier molecular flexibility index (Phi) is 2.43. The van der Waals surface area contributed by atoms with Crippen LogP contribution in [0.5, 0.6) is 17.4 Å². The quantitative estimate of drug-likeness (QED) is 0.732. The normalized spacial score (nSPS) is 15.0. The summed E-state index contributed by atoms with van der Waals surface area (Å²) in [5.74, 6) is 1.90. The number of nitrogens with zero attached hydrogens (tertiary/aromatic N) is 1. The van der Waals surface area contributed by atoms with Crippen LogP contribution in [0.15, 0.2) is 12.3 Å². The molecule has 1 heterocycles. The van der Waals surface area contributed by atoms with E-state index in [-0.39, 0.29) is 0 Å². The topological polar surface area (TPSA) is 40.6 Å². The Morgan fingerprint density at radius 1 is 1.21 bits per heavy atom. The number of ether oxygens (including phenoxy) is 3. The van der Waals surface area contributed by atoms with Crippen LogP contribution in [0.4, 0.5) is 0 Å². The van der Waals surface area contributed by atoms with Gasteiger partial charge in [0.15, 0.2) is 11.5 Å².